The fourth-order valence-corrected chi connectivity index (χ4v) is 3.95. The number of fused-ring (bicyclic) bond motifs is 2. The topological polar surface area (TPSA) is 95.5 Å². The highest BCUT2D eigenvalue weighted by Gasteiger charge is 2.51. The number of halogens is 2. The van der Waals surface area contributed by atoms with Gasteiger partial charge in [0.25, 0.3) is 5.91 Å². The van der Waals surface area contributed by atoms with E-state index in [1.165, 1.54) is 18.2 Å². The van der Waals surface area contributed by atoms with Gasteiger partial charge < -0.3 is 5.11 Å². The summed E-state index contributed by atoms with van der Waals surface area (Å²) in [6.45, 7) is 0. The highest BCUT2D eigenvalue weighted by Crippen LogP contribution is 2.48. The molecule has 0 heterocycles. The largest absolute Gasteiger partial charge is 0.481 e. The van der Waals surface area contributed by atoms with Crippen LogP contribution in [0.15, 0.2) is 30.4 Å². The molecule has 0 spiro atoms. The first kappa shape index (κ1) is 16.8. The van der Waals surface area contributed by atoms with Crippen LogP contribution in [-0.2, 0) is 9.59 Å². The first-order valence-electron chi connectivity index (χ1n) is 7.35. The van der Waals surface area contributed by atoms with Gasteiger partial charge >= 0.3 is 5.97 Å². The standard InChI is InChI=1S/C16H14Cl2N2O4/c17-9-3-4-10(11(18)6-9)14(21)19-20-15(22)12-7-1-2-8(5-7)13(12)16(23)24/h1-4,6-8,12-13H,5H2,(H,19,21)(H,20,22)(H,23,24)/t7-,8-,12-,13-/m0/s1. The smallest absolute Gasteiger partial charge is 0.307 e. The quantitative estimate of drug-likeness (QED) is 0.563. The Morgan fingerprint density at radius 1 is 1.04 bits per heavy atom. The molecule has 1 aromatic carbocycles. The van der Waals surface area contributed by atoms with E-state index in [1.54, 1.807) is 0 Å². The number of amides is 2. The third kappa shape index (κ3) is 2.99. The minimum Gasteiger partial charge on any atom is -0.481 e. The van der Waals surface area contributed by atoms with E-state index in [2.05, 4.69) is 10.9 Å². The molecule has 0 radical (unpaired) electrons. The average Bonchev–Trinajstić information content (AvgIpc) is 3.13. The SMILES string of the molecule is O=C(NNC(=O)[C@@H]1[C@@H](C(=O)O)[C@H]2C=C[C@H]1C2)c1ccc(Cl)cc1Cl. The Bertz CT molecular complexity index is 750. The van der Waals surface area contributed by atoms with Crippen molar-refractivity contribution in [2.45, 2.75) is 6.42 Å². The van der Waals surface area contributed by atoms with Gasteiger partial charge in [-0.1, -0.05) is 35.4 Å². The van der Waals surface area contributed by atoms with Crippen molar-refractivity contribution in [3.8, 4) is 0 Å². The second-order valence-corrected chi connectivity index (χ2v) is 6.75. The Labute approximate surface area is 147 Å². The van der Waals surface area contributed by atoms with Gasteiger partial charge in [-0.05, 0) is 36.5 Å². The predicted octanol–water partition coefficient (Wildman–Crippen LogP) is 2.28. The van der Waals surface area contributed by atoms with Crippen LogP contribution in [0.1, 0.15) is 16.8 Å². The minimum atomic E-state index is -1.00. The summed E-state index contributed by atoms with van der Waals surface area (Å²) in [5, 5.41) is 9.88. The summed E-state index contributed by atoms with van der Waals surface area (Å²) in [6.07, 6.45) is 4.36. The molecule has 4 atom stereocenters. The van der Waals surface area contributed by atoms with Crippen molar-refractivity contribution in [1.29, 1.82) is 0 Å². The summed E-state index contributed by atoms with van der Waals surface area (Å²) in [4.78, 5) is 35.8. The third-order valence-corrected chi connectivity index (χ3v) is 5.07. The molecule has 3 N–H and O–H groups in total. The minimum absolute atomic E-state index is 0.118. The van der Waals surface area contributed by atoms with Crippen molar-refractivity contribution >= 4 is 41.0 Å². The van der Waals surface area contributed by atoms with E-state index in [1.807, 2.05) is 12.2 Å². The van der Waals surface area contributed by atoms with E-state index in [0.29, 0.717) is 11.4 Å². The van der Waals surface area contributed by atoms with Crippen molar-refractivity contribution in [3.63, 3.8) is 0 Å². The van der Waals surface area contributed by atoms with E-state index in [4.69, 9.17) is 23.2 Å². The number of carbonyl (C=O) groups excluding carboxylic acids is 2. The van der Waals surface area contributed by atoms with Gasteiger partial charge in [0.1, 0.15) is 0 Å². The molecule has 2 aliphatic rings. The normalized spacial score (nSPS) is 27.1. The summed E-state index contributed by atoms with van der Waals surface area (Å²) < 4.78 is 0. The van der Waals surface area contributed by atoms with Crippen LogP contribution in [0, 0.1) is 23.7 Å². The molecule has 1 aromatic rings. The van der Waals surface area contributed by atoms with Gasteiger partial charge in [0.15, 0.2) is 0 Å². The van der Waals surface area contributed by atoms with Gasteiger partial charge in [-0.15, -0.1) is 0 Å². The number of hydrazine groups is 1. The fourth-order valence-electron chi connectivity index (χ4n) is 3.46. The molecular weight excluding hydrogens is 355 g/mol. The molecule has 3 rings (SSSR count). The van der Waals surface area contributed by atoms with E-state index in [9.17, 15) is 19.5 Å². The van der Waals surface area contributed by atoms with Gasteiger partial charge in [-0.25, -0.2) is 0 Å². The van der Waals surface area contributed by atoms with E-state index < -0.39 is 29.6 Å². The third-order valence-electron chi connectivity index (χ3n) is 4.52. The first-order chi connectivity index (χ1) is 11.4. The van der Waals surface area contributed by atoms with Crippen LogP contribution in [0.25, 0.3) is 0 Å². The molecule has 8 heteroatoms. The molecule has 0 unspecified atom stereocenters. The number of hydrogen-bond donors (Lipinski definition) is 3. The van der Waals surface area contributed by atoms with Crippen LogP contribution in [-0.4, -0.2) is 22.9 Å². The molecule has 2 amide bonds. The van der Waals surface area contributed by atoms with Crippen molar-refractivity contribution in [2.75, 3.05) is 0 Å². The number of hydrogen-bond acceptors (Lipinski definition) is 3. The Balaban J connectivity index is 1.66. The summed E-state index contributed by atoms with van der Waals surface area (Å²) in [7, 11) is 0. The molecule has 1 saturated carbocycles. The second-order valence-electron chi connectivity index (χ2n) is 5.91. The second kappa shape index (κ2) is 6.45. The van der Waals surface area contributed by atoms with E-state index in [-0.39, 0.29) is 22.4 Å². The summed E-state index contributed by atoms with van der Waals surface area (Å²) in [5.41, 5.74) is 4.74. The molecule has 2 aliphatic carbocycles. The van der Waals surface area contributed by atoms with E-state index >= 15 is 0 Å². The Kier molecular flexibility index (Phi) is 4.51. The van der Waals surface area contributed by atoms with Crippen LogP contribution < -0.4 is 10.9 Å². The number of benzene rings is 1. The molecule has 2 bridgehead atoms. The van der Waals surface area contributed by atoms with E-state index in [0.717, 1.165) is 0 Å². The zero-order valence-electron chi connectivity index (χ0n) is 12.3. The number of aliphatic carboxylic acids is 1. The van der Waals surface area contributed by atoms with Crippen LogP contribution >= 0.6 is 23.2 Å². The molecule has 0 saturated heterocycles. The zero-order chi connectivity index (χ0) is 17.4. The summed E-state index contributed by atoms with van der Waals surface area (Å²) in [5.74, 6) is -3.83. The Morgan fingerprint density at radius 2 is 1.71 bits per heavy atom. The first-order valence-corrected chi connectivity index (χ1v) is 8.10. The monoisotopic (exact) mass is 368 g/mol. The molecule has 0 aromatic heterocycles. The van der Waals surface area contributed by atoms with Crippen molar-refractivity contribution < 1.29 is 19.5 Å². The number of nitrogens with one attached hydrogen (secondary N) is 2. The predicted molar refractivity (Wildman–Crippen MR) is 87.4 cm³/mol. The fraction of sp³-hybridized carbons (Fsp3) is 0.312. The number of carboxylic acid groups (broad SMARTS) is 1. The Morgan fingerprint density at radius 3 is 2.33 bits per heavy atom. The Hall–Kier alpha value is -2.05. The van der Waals surface area contributed by atoms with Crippen molar-refractivity contribution in [2.24, 2.45) is 23.7 Å². The highest BCUT2D eigenvalue weighted by atomic mass is 35.5. The average molecular weight is 369 g/mol. The van der Waals surface area contributed by atoms with Crippen molar-refractivity contribution in [1.82, 2.24) is 10.9 Å². The lowest BCUT2D eigenvalue weighted by molar-refractivity contribution is -0.148. The van der Waals surface area contributed by atoms with Crippen LogP contribution in [0.4, 0.5) is 0 Å². The lowest BCUT2D eigenvalue weighted by Gasteiger charge is -2.23. The number of carbonyl (C=O) groups is 3. The molecule has 1 fully saturated rings. The molecule has 0 aliphatic heterocycles. The van der Waals surface area contributed by atoms with Gasteiger partial charge in [-0.2, -0.15) is 0 Å². The van der Waals surface area contributed by atoms with Gasteiger partial charge in [0.2, 0.25) is 5.91 Å². The lowest BCUT2D eigenvalue weighted by Crippen LogP contribution is -2.48. The maximum absolute atomic E-state index is 12.3. The number of allylic oxidation sites excluding steroid dienone is 2. The van der Waals surface area contributed by atoms with Crippen LogP contribution in [0.5, 0.6) is 0 Å². The van der Waals surface area contributed by atoms with Crippen LogP contribution in [0.2, 0.25) is 10.0 Å². The van der Waals surface area contributed by atoms with Gasteiger partial charge in [-0.3, -0.25) is 25.2 Å². The maximum Gasteiger partial charge on any atom is 0.307 e. The number of rotatable bonds is 3. The lowest BCUT2D eigenvalue weighted by atomic mass is 9.82. The van der Waals surface area contributed by atoms with Crippen LogP contribution in [0.3, 0.4) is 0 Å². The van der Waals surface area contributed by atoms with Gasteiger partial charge in [0, 0.05) is 5.02 Å². The molecule has 6 nitrogen and oxygen atoms in total. The number of carboxylic acids is 1. The summed E-state index contributed by atoms with van der Waals surface area (Å²) in [6, 6.07) is 4.36. The molecule has 24 heavy (non-hydrogen) atoms. The molecular formula is C16H14Cl2N2O4. The van der Waals surface area contributed by atoms with Crippen molar-refractivity contribution in [3.05, 3.63) is 46.0 Å². The zero-order valence-corrected chi connectivity index (χ0v) is 13.8. The summed E-state index contributed by atoms with van der Waals surface area (Å²) >= 11 is 11.7. The maximum atomic E-state index is 12.3. The highest BCUT2D eigenvalue weighted by molar-refractivity contribution is 6.36. The van der Waals surface area contributed by atoms with Gasteiger partial charge in [0.05, 0.1) is 22.4 Å². The molecule has 126 valence electrons.